The fraction of sp³-hybridized carbons (Fsp3) is 0.273. The number of hydrogen-bond donors (Lipinski definition) is 1. The number of nitro groups is 1. The lowest BCUT2D eigenvalue weighted by molar-refractivity contribution is -0.384. The number of nitrogens with zero attached hydrogens (tertiary/aromatic N) is 4. The van der Waals surface area contributed by atoms with Crippen LogP contribution in [0.5, 0.6) is 0 Å². The topological polar surface area (TPSA) is 105 Å². The van der Waals surface area contributed by atoms with E-state index in [0.717, 1.165) is 5.69 Å². The molecule has 0 bridgehead atoms. The number of aromatic nitrogens is 1. The van der Waals surface area contributed by atoms with E-state index in [1.165, 1.54) is 6.07 Å². The van der Waals surface area contributed by atoms with E-state index in [2.05, 4.69) is 10.3 Å². The average Bonchev–Trinajstić information content (AvgIpc) is 3.19. The first kappa shape index (κ1) is 22.0. The molecule has 2 aromatic carbocycles. The number of para-hydroxylation sites is 1. The van der Waals surface area contributed by atoms with E-state index in [-0.39, 0.29) is 28.6 Å². The van der Waals surface area contributed by atoms with Gasteiger partial charge in [0.05, 0.1) is 10.5 Å². The smallest absolute Gasteiger partial charge is 0.280 e. The fourth-order valence-electron chi connectivity index (χ4n) is 2.98. The number of carbonyl (C=O) groups excluding carboxylic acids is 1. The van der Waals surface area contributed by atoms with E-state index < -0.39 is 10.8 Å². The first-order chi connectivity index (χ1) is 14.8. The minimum Gasteiger partial charge on any atom is -0.435 e. The van der Waals surface area contributed by atoms with Gasteiger partial charge in [-0.25, -0.2) is 4.98 Å². The summed E-state index contributed by atoms with van der Waals surface area (Å²) in [4.78, 5) is 32.2. The molecular weight excluding hydrogens is 398 g/mol. The average molecular weight is 423 g/mol. The Morgan fingerprint density at radius 3 is 2.39 bits per heavy atom. The third-order valence-corrected chi connectivity index (χ3v) is 4.66. The maximum absolute atomic E-state index is 12.9. The van der Waals surface area contributed by atoms with Crippen LogP contribution in [0.1, 0.15) is 10.5 Å². The van der Waals surface area contributed by atoms with Gasteiger partial charge in [-0.2, -0.15) is 0 Å². The lowest BCUT2D eigenvalue weighted by Gasteiger charge is -2.11. The molecule has 0 aliphatic rings. The van der Waals surface area contributed by atoms with Gasteiger partial charge in [0.2, 0.25) is 5.89 Å². The minimum atomic E-state index is -0.503. The van der Waals surface area contributed by atoms with Crippen molar-refractivity contribution in [3.8, 4) is 22.8 Å². The maximum Gasteiger partial charge on any atom is 0.280 e. The van der Waals surface area contributed by atoms with Crippen LogP contribution < -0.4 is 10.2 Å². The molecule has 0 unspecified atom stereocenters. The van der Waals surface area contributed by atoms with Gasteiger partial charge in [0.15, 0.2) is 11.5 Å². The molecule has 1 heterocycles. The second-order valence-corrected chi connectivity index (χ2v) is 7.47. The van der Waals surface area contributed by atoms with Crippen LogP contribution in [-0.2, 0) is 0 Å². The van der Waals surface area contributed by atoms with E-state index in [1.54, 1.807) is 18.2 Å². The molecule has 1 amide bonds. The lowest BCUT2D eigenvalue weighted by Crippen LogP contribution is -2.31. The van der Waals surface area contributed by atoms with E-state index in [1.807, 2.05) is 62.3 Å². The van der Waals surface area contributed by atoms with Crippen molar-refractivity contribution in [3.63, 3.8) is 0 Å². The Morgan fingerprint density at radius 2 is 1.77 bits per heavy atom. The maximum atomic E-state index is 12.9. The number of anilines is 1. The molecule has 0 saturated carbocycles. The molecule has 1 aromatic heterocycles. The highest BCUT2D eigenvalue weighted by Crippen LogP contribution is 2.35. The Kier molecular flexibility index (Phi) is 6.66. The molecule has 0 atom stereocenters. The number of likely N-dealkylation sites (N-methyl/N-ethyl adjacent to an activating group) is 1. The highest BCUT2D eigenvalue weighted by Gasteiger charge is 2.27. The number of benzene rings is 2. The van der Waals surface area contributed by atoms with Crippen molar-refractivity contribution in [2.75, 3.05) is 46.2 Å². The Morgan fingerprint density at radius 1 is 1.10 bits per heavy atom. The lowest BCUT2D eigenvalue weighted by atomic mass is 10.1. The summed E-state index contributed by atoms with van der Waals surface area (Å²) < 4.78 is 5.93. The summed E-state index contributed by atoms with van der Waals surface area (Å²) in [5, 5.41) is 14.3. The number of nitro benzene ring substituents is 1. The van der Waals surface area contributed by atoms with Gasteiger partial charge in [0.25, 0.3) is 11.6 Å². The van der Waals surface area contributed by atoms with Crippen molar-refractivity contribution in [2.45, 2.75) is 0 Å². The highest BCUT2D eigenvalue weighted by atomic mass is 16.6. The number of oxazole rings is 1. The van der Waals surface area contributed by atoms with Crippen molar-refractivity contribution < 1.29 is 14.1 Å². The Bertz CT molecular complexity index is 1070. The molecule has 3 rings (SSSR count). The molecule has 0 saturated heterocycles. The second kappa shape index (κ2) is 9.40. The van der Waals surface area contributed by atoms with Gasteiger partial charge in [0, 0.05) is 44.5 Å². The van der Waals surface area contributed by atoms with Crippen LogP contribution in [0.2, 0.25) is 0 Å². The molecule has 3 aromatic rings. The zero-order valence-electron chi connectivity index (χ0n) is 18.0. The molecule has 162 valence electrons. The van der Waals surface area contributed by atoms with Crippen molar-refractivity contribution in [1.82, 2.24) is 15.2 Å². The third-order valence-electron chi connectivity index (χ3n) is 4.66. The van der Waals surface area contributed by atoms with E-state index in [9.17, 15) is 14.9 Å². The van der Waals surface area contributed by atoms with Crippen LogP contribution >= 0.6 is 0 Å². The summed E-state index contributed by atoms with van der Waals surface area (Å²) in [6.45, 7) is 1.05. The summed E-state index contributed by atoms with van der Waals surface area (Å²) in [5.74, 6) is -0.160. The normalized spacial score (nSPS) is 10.9. The molecule has 0 aliphatic heterocycles. The molecular formula is C22H25N5O4. The fourth-order valence-corrected chi connectivity index (χ4v) is 2.98. The predicted molar refractivity (Wildman–Crippen MR) is 119 cm³/mol. The SMILES string of the molecule is CN(C)CCNC(=O)c1nc(-c2ccc(N(C)C)cc2)oc1-c1ccccc1[N+](=O)[O-]. The molecule has 9 heteroatoms. The Balaban J connectivity index is 2.05. The molecule has 31 heavy (non-hydrogen) atoms. The van der Waals surface area contributed by atoms with Gasteiger partial charge in [-0.1, -0.05) is 12.1 Å². The van der Waals surface area contributed by atoms with Crippen molar-refractivity contribution in [3.05, 3.63) is 64.3 Å². The van der Waals surface area contributed by atoms with Gasteiger partial charge >= 0.3 is 0 Å². The Labute approximate surface area is 180 Å². The highest BCUT2D eigenvalue weighted by molar-refractivity contribution is 5.99. The van der Waals surface area contributed by atoms with Gasteiger partial charge in [-0.05, 0) is 44.4 Å². The molecule has 1 N–H and O–H groups in total. The third kappa shape index (κ3) is 5.07. The zero-order chi connectivity index (χ0) is 22.5. The molecule has 9 nitrogen and oxygen atoms in total. The number of hydrogen-bond acceptors (Lipinski definition) is 7. The first-order valence-corrected chi connectivity index (χ1v) is 9.73. The molecule has 0 aliphatic carbocycles. The summed E-state index contributed by atoms with van der Waals surface area (Å²) >= 11 is 0. The molecule has 0 radical (unpaired) electrons. The van der Waals surface area contributed by atoms with Gasteiger partial charge in [-0.15, -0.1) is 0 Å². The summed E-state index contributed by atoms with van der Waals surface area (Å²) in [6, 6.07) is 13.6. The summed E-state index contributed by atoms with van der Waals surface area (Å²) in [6.07, 6.45) is 0. The van der Waals surface area contributed by atoms with Gasteiger partial charge in [0.1, 0.15) is 0 Å². The van der Waals surface area contributed by atoms with E-state index in [4.69, 9.17) is 4.42 Å². The van der Waals surface area contributed by atoms with Crippen LogP contribution in [0.3, 0.4) is 0 Å². The van der Waals surface area contributed by atoms with Crippen LogP contribution in [-0.4, -0.2) is 62.0 Å². The summed E-state index contributed by atoms with van der Waals surface area (Å²) in [7, 11) is 7.67. The summed E-state index contributed by atoms with van der Waals surface area (Å²) in [5.41, 5.74) is 1.72. The first-order valence-electron chi connectivity index (χ1n) is 9.73. The largest absolute Gasteiger partial charge is 0.435 e. The van der Waals surface area contributed by atoms with E-state index in [0.29, 0.717) is 18.7 Å². The quantitative estimate of drug-likeness (QED) is 0.438. The van der Waals surface area contributed by atoms with Crippen molar-refractivity contribution in [1.29, 1.82) is 0 Å². The zero-order valence-corrected chi connectivity index (χ0v) is 18.0. The Hall–Kier alpha value is -3.72. The second-order valence-electron chi connectivity index (χ2n) is 7.47. The molecule has 0 fully saturated rings. The van der Waals surface area contributed by atoms with Gasteiger partial charge < -0.3 is 19.5 Å². The monoisotopic (exact) mass is 423 g/mol. The number of carbonyl (C=O) groups is 1. The van der Waals surface area contributed by atoms with Crippen LogP contribution in [0.25, 0.3) is 22.8 Å². The van der Waals surface area contributed by atoms with Crippen molar-refractivity contribution >= 4 is 17.3 Å². The number of nitrogens with one attached hydrogen (secondary N) is 1. The predicted octanol–water partition coefficient (Wildman–Crippen LogP) is 3.27. The van der Waals surface area contributed by atoms with Crippen LogP contribution in [0.15, 0.2) is 52.9 Å². The standard InChI is InChI=1S/C22H25N5O4/c1-25(2)14-13-23-21(28)19-20(17-7-5-6-8-18(17)27(29)30)31-22(24-19)15-9-11-16(12-10-15)26(3)4/h5-12H,13-14H2,1-4H3,(H,23,28). The number of rotatable bonds is 8. The number of amides is 1. The minimum absolute atomic E-state index is 0.0137. The van der Waals surface area contributed by atoms with Crippen LogP contribution in [0, 0.1) is 10.1 Å². The van der Waals surface area contributed by atoms with Gasteiger partial charge in [-0.3, -0.25) is 14.9 Å². The molecule has 0 spiro atoms. The van der Waals surface area contributed by atoms with E-state index >= 15 is 0 Å². The van der Waals surface area contributed by atoms with Crippen LogP contribution in [0.4, 0.5) is 11.4 Å². The van der Waals surface area contributed by atoms with Crippen molar-refractivity contribution in [2.24, 2.45) is 0 Å².